The Kier molecular flexibility index (Phi) is 8.05. The number of piperidine rings is 1. The van der Waals surface area contributed by atoms with E-state index in [9.17, 15) is 23.1 Å². The number of alkyl halides is 3. The summed E-state index contributed by atoms with van der Waals surface area (Å²) < 4.78 is 42.3. The third-order valence-electron chi connectivity index (χ3n) is 6.26. The van der Waals surface area contributed by atoms with Gasteiger partial charge in [0.25, 0.3) is 0 Å². The van der Waals surface area contributed by atoms with E-state index in [0.29, 0.717) is 29.1 Å². The van der Waals surface area contributed by atoms with Gasteiger partial charge < -0.3 is 14.7 Å². The van der Waals surface area contributed by atoms with Crippen LogP contribution in [0, 0.1) is 12.3 Å². The molecule has 0 radical (unpaired) electrons. The van der Waals surface area contributed by atoms with Gasteiger partial charge in [-0.2, -0.15) is 13.2 Å². The van der Waals surface area contributed by atoms with Gasteiger partial charge >= 0.3 is 12.1 Å². The van der Waals surface area contributed by atoms with Crippen LogP contribution in [0.5, 0.6) is 5.75 Å². The van der Waals surface area contributed by atoms with Crippen molar-refractivity contribution < 1.29 is 27.8 Å². The van der Waals surface area contributed by atoms with Crippen molar-refractivity contribution in [2.45, 2.75) is 65.5 Å². The number of carboxylic acids is 1. The van der Waals surface area contributed by atoms with E-state index in [-0.39, 0.29) is 24.9 Å². The van der Waals surface area contributed by atoms with Crippen molar-refractivity contribution in [3.63, 3.8) is 0 Å². The molecule has 1 aliphatic rings. The summed E-state index contributed by atoms with van der Waals surface area (Å²) in [5, 5.41) is 9.52. The molecule has 9 heteroatoms. The molecule has 3 rings (SSSR count). The van der Waals surface area contributed by atoms with Crippen LogP contribution in [0.1, 0.15) is 57.2 Å². The summed E-state index contributed by atoms with van der Waals surface area (Å²) in [6.45, 7) is 8.11. The van der Waals surface area contributed by atoms with E-state index in [0.717, 1.165) is 37.2 Å². The summed E-state index contributed by atoms with van der Waals surface area (Å²) >= 11 is 0. The van der Waals surface area contributed by atoms with Gasteiger partial charge in [-0.3, -0.25) is 14.8 Å². The molecular weight excluding hydrogens is 447 g/mol. The minimum atomic E-state index is -4.15. The Morgan fingerprint density at radius 2 is 1.85 bits per heavy atom. The number of halogens is 3. The number of hydrogen-bond donors (Lipinski definition) is 1. The van der Waals surface area contributed by atoms with Crippen molar-refractivity contribution >= 4 is 11.7 Å². The number of carbonyl (C=O) groups is 1. The molecule has 34 heavy (non-hydrogen) atoms. The predicted molar refractivity (Wildman–Crippen MR) is 124 cm³/mol. The molecule has 0 aromatic carbocycles. The summed E-state index contributed by atoms with van der Waals surface area (Å²) in [5.74, 6) is -0.439. The Balaban J connectivity index is 1.81. The maximum Gasteiger partial charge on any atom is 0.389 e. The molecule has 186 valence electrons. The molecule has 0 bridgehead atoms. The van der Waals surface area contributed by atoms with Gasteiger partial charge in [0.05, 0.1) is 30.6 Å². The van der Waals surface area contributed by atoms with Gasteiger partial charge in [-0.25, -0.2) is 0 Å². The molecule has 0 aliphatic carbocycles. The van der Waals surface area contributed by atoms with Crippen LogP contribution in [0.4, 0.5) is 18.9 Å². The largest absolute Gasteiger partial charge is 0.492 e. The highest BCUT2D eigenvalue weighted by Crippen LogP contribution is 2.39. The van der Waals surface area contributed by atoms with Crippen molar-refractivity contribution in [2.24, 2.45) is 5.41 Å². The first-order valence-corrected chi connectivity index (χ1v) is 11.6. The van der Waals surface area contributed by atoms with Crippen molar-refractivity contribution in [2.75, 3.05) is 24.6 Å². The van der Waals surface area contributed by atoms with E-state index in [4.69, 9.17) is 4.74 Å². The van der Waals surface area contributed by atoms with E-state index in [1.165, 1.54) is 0 Å². The Morgan fingerprint density at radius 3 is 2.44 bits per heavy atom. The van der Waals surface area contributed by atoms with Crippen LogP contribution in [0.25, 0.3) is 11.3 Å². The molecule has 6 nitrogen and oxygen atoms in total. The smallest absolute Gasteiger partial charge is 0.389 e. The van der Waals surface area contributed by atoms with E-state index < -0.39 is 18.6 Å². The Hall–Kier alpha value is -2.84. The van der Waals surface area contributed by atoms with Gasteiger partial charge in [-0.1, -0.05) is 13.8 Å². The third-order valence-corrected chi connectivity index (χ3v) is 6.26. The molecule has 0 saturated carbocycles. The summed E-state index contributed by atoms with van der Waals surface area (Å²) in [7, 11) is 0. The van der Waals surface area contributed by atoms with Crippen molar-refractivity contribution in [1.29, 1.82) is 0 Å². The lowest BCUT2D eigenvalue weighted by Gasteiger charge is -2.40. The van der Waals surface area contributed by atoms with E-state index >= 15 is 0 Å². The second-order valence-electron chi connectivity index (χ2n) is 9.61. The van der Waals surface area contributed by atoms with Crippen molar-refractivity contribution in [3.05, 3.63) is 35.8 Å². The van der Waals surface area contributed by atoms with Crippen molar-refractivity contribution in [1.82, 2.24) is 9.97 Å². The highest BCUT2D eigenvalue weighted by atomic mass is 19.4. The molecule has 0 atom stereocenters. The Labute approximate surface area is 198 Å². The summed E-state index contributed by atoms with van der Waals surface area (Å²) in [6.07, 6.45) is 0.499. The number of aliphatic carboxylic acids is 1. The second kappa shape index (κ2) is 10.6. The van der Waals surface area contributed by atoms with Gasteiger partial charge in [0, 0.05) is 42.5 Å². The normalized spacial score (nSPS) is 15.9. The molecule has 1 saturated heterocycles. The maximum absolute atomic E-state index is 12.2. The van der Waals surface area contributed by atoms with Crippen LogP contribution < -0.4 is 9.64 Å². The quantitative estimate of drug-likeness (QED) is 0.457. The highest BCUT2D eigenvalue weighted by molar-refractivity contribution is 5.83. The molecule has 1 aliphatic heterocycles. The second-order valence-corrected chi connectivity index (χ2v) is 9.61. The monoisotopic (exact) mass is 479 g/mol. The zero-order valence-corrected chi connectivity index (χ0v) is 19.9. The highest BCUT2D eigenvalue weighted by Gasteiger charge is 2.29. The number of ether oxygens (including phenoxy) is 1. The first-order valence-electron chi connectivity index (χ1n) is 11.6. The van der Waals surface area contributed by atoms with Crippen molar-refractivity contribution in [3.8, 4) is 17.0 Å². The zero-order chi connectivity index (χ0) is 24.9. The van der Waals surface area contributed by atoms with Gasteiger partial charge in [-0.05, 0) is 50.2 Å². The average Bonchev–Trinajstić information content (AvgIpc) is 2.75. The summed E-state index contributed by atoms with van der Waals surface area (Å²) in [4.78, 5) is 22.8. The predicted octanol–water partition coefficient (Wildman–Crippen LogP) is 5.82. The molecular formula is C25H32F3N3O3. The summed E-state index contributed by atoms with van der Waals surface area (Å²) in [5.41, 5.74) is 3.88. The SMILES string of the molecule is Cc1ncc(-c2ccc(OCCCCC(F)(F)F)cn2)c(N2CCC(C)(C)CC2)c1CC(=O)O. The fourth-order valence-corrected chi connectivity index (χ4v) is 4.12. The lowest BCUT2D eigenvalue weighted by atomic mass is 9.82. The van der Waals surface area contributed by atoms with Crippen LogP contribution >= 0.6 is 0 Å². The van der Waals surface area contributed by atoms with Crippen LogP contribution in [0.2, 0.25) is 0 Å². The first-order chi connectivity index (χ1) is 16.0. The number of hydrogen-bond acceptors (Lipinski definition) is 5. The third kappa shape index (κ3) is 7.08. The molecule has 1 N–H and O–H groups in total. The van der Waals surface area contributed by atoms with Crippen LogP contribution in [0.15, 0.2) is 24.5 Å². The average molecular weight is 480 g/mol. The van der Waals surface area contributed by atoms with E-state index in [2.05, 4.69) is 28.7 Å². The topological polar surface area (TPSA) is 75.6 Å². The number of anilines is 1. The number of nitrogens with zero attached hydrogens (tertiary/aromatic N) is 3. The number of rotatable bonds is 9. The number of carboxylic acid groups (broad SMARTS) is 1. The first kappa shape index (κ1) is 25.8. The molecule has 2 aromatic rings. The number of aromatic nitrogens is 2. The maximum atomic E-state index is 12.2. The molecule has 1 fully saturated rings. The minimum absolute atomic E-state index is 0.0202. The fraction of sp³-hybridized carbons (Fsp3) is 0.560. The van der Waals surface area contributed by atoms with Gasteiger partial charge in [-0.15, -0.1) is 0 Å². The minimum Gasteiger partial charge on any atom is -0.492 e. The van der Waals surface area contributed by atoms with Crippen LogP contribution in [0.3, 0.4) is 0 Å². The molecule has 2 aromatic heterocycles. The van der Waals surface area contributed by atoms with Gasteiger partial charge in [0.2, 0.25) is 0 Å². The zero-order valence-electron chi connectivity index (χ0n) is 19.9. The number of aryl methyl sites for hydroxylation is 1. The standard InChI is InChI=1S/C25H32F3N3O3/c1-17-19(14-22(32)33)23(31-11-9-24(2,3)10-12-31)20(16-29-17)21-7-6-18(15-30-21)34-13-5-4-8-25(26,27)28/h6-7,15-16H,4-5,8-14H2,1-3H3,(H,32,33). The van der Waals surface area contributed by atoms with E-state index in [1.54, 1.807) is 24.5 Å². The van der Waals surface area contributed by atoms with E-state index in [1.807, 2.05) is 6.92 Å². The van der Waals surface area contributed by atoms with Gasteiger partial charge in [0.15, 0.2) is 0 Å². The Bertz CT molecular complexity index is 981. The number of unbranched alkanes of at least 4 members (excludes halogenated alkanes) is 1. The van der Waals surface area contributed by atoms with Crippen LogP contribution in [-0.4, -0.2) is 46.9 Å². The Morgan fingerprint density at radius 1 is 1.15 bits per heavy atom. The summed E-state index contributed by atoms with van der Waals surface area (Å²) in [6, 6.07) is 3.51. The molecule has 0 amide bonds. The fourth-order valence-electron chi connectivity index (χ4n) is 4.12. The van der Waals surface area contributed by atoms with Crippen LogP contribution in [-0.2, 0) is 11.2 Å². The number of pyridine rings is 2. The molecule has 0 spiro atoms. The molecule has 0 unspecified atom stereocenters. The van der Waals surface area contributed by atoms with Gasteiger partial charge in [0.1, 0.15) is 5.75 Å². The molecule has 3 heterocycles. The lowest BCUT2D eigenvalue weighted by molar-refractivity contribution is -0.137. The lowest BCUT2D eigenvalue weighted by Crippen LogP contribution is -2.38.